The number of hydrogen-bond acceptors (Lipinski definition) is 4. The topological polar surface area (TPSA) is 84.5 Å². The molecule has 0 heterocycles. The summed E-state index contributed by atoms with van der Waals surface area (Å²) in [5.74, 6) is -2.22. The fourth-order valence-electron chi connectivity index (χ4n) is 2.59. The van der Waals surface area contributed by atoms with Crippen molar-refractivity contribution in [3.05, 3.63) is 83.9 Å². The number of carbonyl (C=O) groups is 1. The lowest BCUT2D eigenvalue weighted by Crippen LogP contribution is -2.19. The quantitative estimate of drug-likeness (QED) is 0.633. The molecule has 0 fully saturated rings. The average molecular weight is 418 g/mol. The first kappa shape index (κ1) is 20.3. The summed E-state index contributed by atoms with van der Waals surface area (Å²) in [6.45, 7) is 0. The Kier molecular flexibility index (Phi) is 5.79. The molecule has 0 aliphatic heterocycles. The van der Waals surface area contributed by atoms with Gasteiger partial charge in [-0.05, 0) is 42.5 Å². The molecule has 0 unspecified atom stereocenters. The van der Waals surface area contributed by atoms with Gasteiger partial charge in [-0.15, -0.1) is 0 Å². The highest BCUT2D eigenvalue weighted by molar-refractivity contribution is 7.92. The Morgan fingerprint density at radius 1 is 0.931 bits per heavy atom. The largest absolute Gasteiger partial charge is 0.495 e. The Labute approximate surface area is 166 Å². The number of anilines is 2. The molecule has 150 valence electrons. The van der Waals surface area contributed by atoms with Gasteiger partial charge in [-0.3, -0.25) is 9.52 Å². The molecule has 0 spiro atoms. The number of ether oxygens (including phenoxy) is 1. The number of methoxy groups -OCH3 is 1. The lowest BCUT2D eigenvalue weighted by atomic mass is 10.1. The van der Waals surface area contributed by atoms with Crippen LogP contribution in [0, 0.1) is 11.6 Å². The Balaban J connectivity index is 1.93. The number of carbonyl (C=O) groups excluding carboxylic acids is 1. The van der Waals surface area contributed by atoms with E-state index in [-0.39, 0.29) is 11.3 Å². The highest BCUT2D eigenvalue weighted by atomic mass is 32.2. The molecule has 0 saturated carbocycles. The van der Waals surface area contributed by atoms with Crippen LogP contribution in [-0.4, -0.2) is 21.4 Å². The molecule has 3 aromatic carbocycles. The molecular formula is C20H16F2N2O4S. The minimum atomic E-state index is -4.48. The van der Waals surface area contributed by atoms with Crippen molar-refractivity contribution >= 4 is 27.3 Å². The number of hydrogen-bond donors (Lipinski definition) is 2. The number of sulfonamides is 1. The SMILES string of the molecule is COc1ccccc1NC(=O)c1ccccc1NS(=O)(=O)c1cc(F)ccc1F. The average Bonchev–Trinajstić information content (AvgIpc) is 2.70. The summed E-state index contributed by atoms with van der Waals surface area (Å²) in [4.78, 5) is 11.8. The summed E-state index contributed by atoms with van der Waals surface area (Å²) in [5.41, 5.74) is 0.274. The Hall–Kier alpha value is -3.46. The molecule has 0 aliphatic carbocycles. The van der Waals surface area contributed by atoms with Crippen molar-refractivity contribution in [3.8, 4) is 5.75 Å². The molecule has 2 N–H and O–H groups in total. The maximum atomic E-state index is 13.9. The van der Waals surface area contributed by atoms with Crippen LogP contribution in [0.1, 0.15) is 10.4 Å². The van der Waals surface area contributed by atoms with Crippen LogP contribution in [0.5, 0.6) is 5.75 Å². The van der Waals surface area contributed by atoms with Crippen LogP contribution in [0.4, 0.5) is 20.2 Å². The number of rotatable bonds is 6. The lowest BCUT2D eigenvalue weighted by molar-refractivity contribution is 0.102. The molecule has 29 heavy (non-hydrogen) atoms. The molecule has 0 aliphatic rings. The lowest BCUT2D eigenvalue weighted by Gasteiger charge is -2.14. The summed E-state index contributed by atoms with van der Waals surface area (Å²) < 4.78 is 59.7. The van der Waals surface area contributed by atoms with E-state index in [9.17, 15) is 22.0 Å². The summed E-state index contributed by atoms with van der Waals surface area (Å²) >= 11 is 0. The van der Waals surface area contributed by atoms with E-state index in [0.717, 1.165) is 6.07 Å². The fourth-order valence-corrected chi connectivity index (χ4v) is 3.76. The first-order chi connectivity index (χ1) is 13.8. The van der Waals surface area contributed by atoms with Crippen molar-refractivity contribution in [2.45, 2.75) is 4.90 Å². The van der Waals surface area contributed by atoms with Crippen LogP contribution in [0.3, 0.4) is 0 Å². The van der Waals surface area contributed by atoms with E-state index in [4.69, 9.17) is 4.74 Å². The summed E-state index contributed by atoms with van der Waals surface area (Å²) in [6.07, 6.45) is 0. The van der Waals surface area contributed by atoms with Crippen LogP contribution in [-0.2, 0) is 10.0 Å². The van der Waals surface area contributed by atoms with E-state index < -0.39 is 32.5 Å². The smallest absolute Gasteiger partial charge is 0.264 e. The molecule has 0 bridgehead atoms. The van der Waals surface area contributed by atoms with Crippen LogP contribution < -0.4 is 14.8 Å². The van der Waals surface area contributed by atoms with Gasteiger partial charge < -0.3 is 10.1 Å². The third-order valence-corrected chi connectivity index (χ3v) is 5.33. The van der Waals surface area contributed by atoms with Crippen molar-refractivity contribution in [3.63, 3.8) is 0 Å². The Morgan fingerprint density at radius 2 is 1.59 bits per heavy atom. The zero-order valence-corrected chi connectivity index (χ0v) is 16.0. The first-order valence-electron chi connectivity index (χ1n) is 8.33. The van der Waals surface area contributed by atoms with Crippen LogP contribution in [0.15, 0.2) is 71.6 Å². The zero-order chi connectivity index (χ0) is 21.0. The molecule has 0 atom stereocenters. The zero-order valence-electron chi connectivity index (χ0n) is 15.1. The van der Waals surface area contributed by atoms with Gasteiger partial charge >= 0.3 is 0 Å². The van der Waals surface area contributed by atoms with E-state index in [1.54, 1.807) is 24.3 Å². The van der Waals surface area contributed by atoms with Crippen molar-refractivity contribution in [2.75, 3.05) is 17.1 Å². The molecular weight excluding hydrogens is 402 g/mol. The Morgan fingerprint density at radius 3 is 2.31 bits per heavy atom. The highest BCUT2D eigenvalue weighted by Gasteiger charge is 2.23. The predicted molar refractivity (Wildman–Crippen MR) is 105 cm³/mol. The van der Waals surface area contributed by atoms with Gasteiger partial charge in [-0.25, -0.2) is 17.2 Å². The monoisotopic (exact) mass is 418 g/mol. The Bertz CT molecular complexity index is 1170. The third kappa shape index (κ3) is 4.52. The van der Waals surface area contributed by atoms with E-state index in [0.29, 0.717) is 23.6 Å². The fraction of sp³-hybridized carbons (Fsp3) is 0.0500. The van der Waals surface area contributed by atoms with Crippen LogP contribution >= 0.6 is 0 Å². The molecule has 9 heteroatoms. The van der Waals surface area contributed by atoms with Crippen molar-refractivity contribution in [2.24, 2.45) is 0 Å². The van der Waals surface area contributed by atoms with Gasteiger partial charge in [0.15, 0.2) is 0 Å². The van der Waals surface area contributed by atoms with Gasteiger partial charge in [0, 0.05) is 0 Å². The second-order valence-corrected chi connectivity index (χ2v) is 7.53. The van der Waals surface area contributed by atoms with Gasteiger partial charge in [0.1, 0.15) is 22.3 Å². The summed E-state index contributed by atoms with van der Waals surface area (Å²) in [6, 6.07) is 14.5. The standard InChI is InChI=1S/C20H16F2N2O4S/c1-28-18-9-5-4-8-17(18)23-20(25)14-6-2-3-7-16(14)24-29(26,27)19-12-13(21)10-11-15(19)22/h2-12,24H,1H3,(H,23,25). The van der Waals surface area contributed by atoms with E-state index in [1.165, 1.54) is 31.4 Å². The third-order valence-electron chi connectivity index (χ3n) is 3.95. The number of halogens is 2. The maximum absolute atomic E-state index is 13.9. The molecule has 3 aromatic rings. The van der Waals surface area contributed by atoms with Crippen LogP contribution in [0.25, 0.3) is 0 Å². The number of para-hydroxylation sites is 3. The van der Waals surface area contributed by atoms with E-state index >= 15 is 0 Å². The van der Waals surface area contributed by atoms with Gasteiger partial charge in [-0.2, -0.15) is 0 Å². The normalized spacial score (nSPS) is 11.0. The van der Waals surface area contributed by atoms with Crippen molar-refractivity contribution in [1.29, 1.82) is 0 Å². The minimum absolute atomic E-state index is 0.0150. The summed E-state index contributed by atoms with van der Waals surface area (Å²) in [7, 11) is -3.03. The molecule has 0 radical (unpaired) electrons. The molecule has 0 aromatic heterocycles. The number of benzene rings is 3. The van der Waals surface area contributed by atoms with Crippen LogP contribution in [0.2, 0.25) is 0 Å². The molecule has 6 nitrogen and oxygen atoms in total. The van der Waals surface area contributed by atoms with Crippen molar-refractivity contribution < 1.29 is 26.7 Å². The molecule has 1 amide bonds. The minimum Gasteiger partial charge on any atom is -0.495 e. The highest BCUT2D eigenvalue weighted by Crippen LogP contribution is 2.26. The van der Waals surface area contributed by atoms with Crippen molar-refractivity contribution in [1.82, 2.24) is 0 Å². The number of nitrogens with one attached hydrogen (secondary N) is 2. The van der Waals surface area contributed by atoms with Gasteiger partial charge in [0.25, 0.3) is 15.9 Å². The van der Waals surface area contributed by atoms with Gasteiger partial charge in [-0.1, -0.05) is 24.3 Å². The van der Waals surface area contributed by atoms with Gasteiger partial charge in [0.2, 0.25) is 0 Å². The molecule has 3 rings (SSSR count). The molecule has 0 saturated heterocycles. The second-order valence-electron chi connectivity index (χ2n) is 5.88. The second kappa shape index (κ2) is 8.27. The number of amides is 1. The summed E-state index contributed by atoms with van der Waals surface area (Å²) in [5, 5.41) is 2.63. The van der Waals surface area contributed by atoms with Gasteiger partial charge in [0.05, 0.1) is 24.0 Å². The predicted octanol–water partition coefficient (Wildman–Crippen LogP) is 4.03. The first-order valence-corrected chi connectivity index (χ1v) is 9.81. The van der Waals surface area contributed by atoms with E-state index in [2.05, 4.69) is 10.0 Å². The maximum Gasteiger partial charge on any atom is 0.264 e. The van der Waals surface area contributed by atoms with E-state index in [1.807, 2.05) is 0 Å².